The Morgan fingerprint density at radius 3 is 2.55 bits per heavy atom. The molecule has 1 aromatic heterocycles. The van der Waals surface area contributed by atoms with Crippen molar-refractivity contribution in [1.29, 1.82) is 0 Å². The fourth-order valence-electron chi connectivity index (χ4n) is 1.90. The van der Waals surface area contributed by atoms with Crippen LogP contribution in [0.1, 0.15) is 9.88 Å². The number of sulfonamides is 1. The summed E-state index contributed by atoms with van der Waals surface area (Å²) in [6.45, 7) is 2.24. The third-order valence-electron chi connectivity index (χ3n) is 3.00. The minimum atomic E-state index is -3.58. The minimum absolute atomic E-state index is 0.144. The summed E-state index contributed by atoms with van der Waals surface area (Å²) >= 11 is 1.56. The number of aromatic nitrogens is 1. The van der Waals surface area contributed by atoms with Crippen LogP contribution < -0.4 is 14.2 Å². The molecule has 0 aliphatic rings. The molecule has 6 nitrogen and oxygen atoms in total. The van der Waals surface area contributed by atoms with Crippen molar-refractivity contribution in [1.82, 2.24) is 9.71 Å². The van der Waals surface area contributed by atoms with E-state index in [-0.39, 0.29) is 4.90 Å². The normalized spacial score (nSPS) is 11.4. The molecule has 0 saturated carbocycles. The number of hydrogen-bond acceptors (Lipinski definition) is 6. The minimum Gasteiger partial charge on any atom is -0.493 e. The average Bonchev–Trinajstić information content (AvgIpc) is 2.91. The number of thiazole rings is 1. The monoisotopic (exact) mass is 342 g/mol. The van der Waals surface area contributed by atoms with Crippen molar-refractivity contribution in [2.45, 2.75) is 18.2 Å². The highest BCUT2D eigenvalue weighted by Gasteiger charge is 2.16. The van der Waals surface area contributed by atoms with Gasteiger partial charge < -0.3 is 9.47 Å². The Kier molecular flexibility index (Phi) is 5.38. The van der Waals surface area contributed by atoms with E-state index in [9.17, 15) is 8.42 Å². The molecule has 0 radical (unpaired) electrons. The van der Waals surface area contributed by atoms with Gasteiger partial charge in [-0.15, -0.1) is 11.3 Å². The van der Waals surface area contributed by atoms with Crippen LogP contribution in [0.2, 0.25) is 0 Å². The molecule has 1 heterocycles. The second-order valence-electron chi connectivity index (χ2n) is 4.51. The summed E-state index contributed by atoms with van der Waals surface area (Å²) in [5, 5.41) is 0.970. The molecular weight excluding hydrogens is 324 g/mol. The average molecular weight is 342 g/mol. The summed E-state index contributed by atoms with van der Waals surface area (Å²) in [5.41, 5.74) is 0. The SMILES string of the molecule is COc1ccc(S(=O)(=O)NCCc2cnc(C)s2)cc1OC. The number of hydrogen-bond donors (Lipinski definition) is 1. The standard InChI is InChI=1S/C14H18N2O4S2/c1-10-15-9-11(21-10)6-7-16-22(17,18)12-4-5-13(19-2)14(8-12)20-3/h4-5,8-9,16H,6-7H2,1-3H3. The van der Waals surface area contributed by atoms with Crippen molar-refractivity contribution in [3.8, 4) is 11.5 Å². The molecule has 0 aliphatic carbocycles. The van der Waals surface area contributed by atoms with E-state index in [0.717, 1.165) is 9.88 Å². The third kappa shape index (κ3) is 3.96. The summed E-state index contributed by atoms with van der Waals surface area (Å²) in [5.74, 6) is 0.866. The lowest BCUT2D eigenvalue weighted by atomic mass is 10.3. The molecule has 0 fully saturated rings. The van der Waals surface area contributed by atoms with Crippen LogP contribution in [0.4, 0.5) is 0 Å². The number of rotatable bonds is 7. The second kappa shape index (κ2) is 7.08. The first-order chi connectivity index (χ1) is 10.5. The van der Waals surface area contributed by atoms with Crippen LogP contribution in [0.5, 0.6) is 11.5 Å². The molecule has 1 N–H and O–H groups in total. The van der Waals surface area contributed by atoms with Gasteiger partial charge in [-0.25, -0.2) is 18.1 Å². The van der Waals surface area contributed by atoms with Gasteiger partial charge in [-0.1, -0.05) is 0 Å². The fourth-order valence-corrected chi connectivity index (χ4v) is 3.74. The van der Waals surface area contributed by atoms with E-state index in [2.05, 4.69) is 9.71 Å². The molecule has 0 amide bonds. The maximum atomic E-state index is 12.3. The predicted molar refractivity (Wildman–Crippen MR) is 85.3 cm³/mol. The van der Waals surface area contributed by atoms with Crippen LogP contribution in [0.15, 0.2) is 29.3 Å². The van der Waals surface area contributed by atoms with Crippen molar-refractivity contribution in [3.63, 3.8) is 0 Å². The second-order valence-corrected chi connectivity index (χ2v) is 7.60. The zero-order valence-electron chi connectivity index (χ0n) is 12.6. The molecule has 0 unspecified atom stereocenters. The first kappa shape index (κ1) is 16.7. The molecule has 1 aromatic carbocycles. The molecule has 2 aromatic rings. The molecule has 120 valence electrons. The maximum Gasteiger partial charge on any atom is 0.240 e. The van der Waals surface area contributed by atoms with E-state index in [0.29, 0.717) is 24.5 Å². The predicted octanol–water partition coefficient (Wildman–Crippen LogP) is 1.99. The van der Waals surface area contributed by atoms with Crippen molar-refractivity contribution >= 4 is 21.4 Å². The topological polar surface area (TPSA) is 77.5 Å². The zero-order chi connectivity index (χ0) is 16.2. The van der Waals surface area contributed by atoms with Crippen LogP contribution in [0, 0.1) is 6.92 Å². The summed E-state index contributed by atoms with van der Waals surface area (Å²) < 4.78 is 37.4. The Labute approximate surface area is 134 Å². The van der Waals surface area contributed by atoms with Crippen molar-refractivity contribution in [3.05, 3.63) is 34.3 Å². The molecule has 22 heavy (non-hydrogen) atoms. The summed E-state index contributed by atoms with van der Waals surface area (Å²) in [6.07, 6.45) is 2.38. The van der Waals surface area contributed by atoms with Gasteiger partial charge in [0.25, 0.3) is 0 Å². The van der Waals surface area contributed by atoms with Crippen LogP contribution in [0.3, 0.4) is 0 Å². The maximum absolute atomic E-state index is 12.3. The Bertz CT molecular complexity index is 741. The van der Waals surface area contributed by atoms with Crippen LogP contribution in [-0.2, 0) is 16.4 Å². The highest BCUT2D eigenvalue weighted by molar-refractivity contribution is 7.89. The fraction of sp³-hybridized carbons (Fsp3) is 0.357. The number of aryl methyl sites for hydroxylation is 1. The van der Waals surface area contributed by atoms with Crippen LogP contribution in [-0.4, -0.2) is 34.2 Å². The van der Waals surface area contributed by atoms with Crippen LogP contribution in [0.25, 0.3) is 0 Å². The smallest absolute Gasteiger partial charge is 0.240 e. The van der Waals surface area contributed by atoms with E-state index in [4.69, 9.17) is 9.47 Å². The lowest BCUT2D eigenvalue weighted by Gasteiger charge is -2.10. The Balaban J connectivity index is 2.06. The van der Waals surface area contributed by atoms with Crippen molar-refractivity contribution in [2.24, 2.45) is 0 Å². The number of methoxy groups -OCH3 is 2. The Morgan fingerprint density at radius 2 is 1.95 bits per heavy atom. The van der Waals surface area contributed by atoms with Gasteiger partial charge in [-0.3, -0.25) is 0 Å². The van der Waals surface area contributed by atoms with Gasteiger partial charge in [0.2, 0.25) is 10.0 Å². The zero-order valence-corrected chi connectivity index (χ0v) is 14.3. The largest absolute Gasteiger partial charge is 0.493 e. The van der Waals surface area contributed by atoms with E-state index in [1.807, 2.05) is 6.92 Å². The molecule has 2 rings (SSSR count). The van der Waals surface area contributed by atoms with E-state index in [1.165, 1.54) is 26.4 Å². The lowest BCUT2D eigenvalue weighted by Crippen LogP contribution is -2.25. The molecule has 0 bridgehead atoms. The first-order valence-electron chi connectivity index (χ1n) is 6.59. The molecule has 8 heteroatoms. The van der Waals surface area contributed by atoms with Gasteiger partial charge >= 0.3 is 0 Å². The molecule has 0 atom stereocenters. The van der Waals surface area contributed by atoms with Gasteiger partial charge in [0.05, 0.1) is 24.1 Å². The van der Waals surface area contributed by atoms with Gasteiger partial charge in [0.1, 0.15) is 0 Å². The molecular formula is C14H18N2O4S2. The quantitative estimate of drug-likeness (QED) is 0.832. The van der Waals surface area contributed by atoms with Gasteiger partial charge in [-0.05, 0) is 25.5 Å². The van der Waals surface area contributed by atoms with E-state index in [1.54, 1.807) is 23.6 Å². The molecule has 0 aliphatic heterocycles. The number of nitrogens with one attached hydrogen (secondary N) is 1. The highest BCUT2D eigenvalue weighted by atomic mass is 32.2. The van der Waals surface area contributed by atoms with Crippen molar-refractivity contribution < 1.29 is 17.9 Å². The first-order valence-corrected chi connectivity index (χ1v) is 8.89. The summed E-state index contributed by atoms with van der Waals surface area (Å²) in [7, 11) is -0.615. The van der Waals surface area contributed by atoms with Crippen molar-refractivity contribution in [2.75, 3.05) is 20.8 Å². The van der Waals surface area contributed by atoms with E-state index < -0.39 is 10.0 Å². The van der Waals surface area contributed by atoms with Gasteiger partial charge in [0.15, 0.2) is 11.5 Å². The van der Waals surface area contributed by atoms with E-state index >= 15 is 0 Å². The summed E-state index contributed by atoms with van der Waals surface area (Å²) in [4.78, 5) is 5.34. The Hall–Kier alpha value is -1.64. The van der Waals surface area contributed by atoms with Gasteiger partial charge in [-0.2, -0.15) is 0 Å². The van der Waals surface area contributed by atoms with Gasteiger partial charge in [0, 0.05) is 23.7 Å². The Morgan fingerprint density at radius 1 is 1.23 bits per heavy atom. The van der Waals surface area contributed by atoms with Crippen LogP contribution >= 0.6 is 11.3 Å². The number of ether oxygens (including phenoxy) is 2. The summed E-state index contributed by atoms with van der Waals surface area (Å²) in [6, 6.07) is 4.50. The third-order valence-corrected chi connectivity index (χ3v) is 5.43. The number of nitrogens with zero attached hydrogens (tertiary/aromatic N) is 1. The molecule has 0 spiro atoms. The molecule has 0 saturated heterocycles. The highest BCUT2D eigenvalue weighted by Crippen LogP contribution is 2.29. The number of benzene rings is 1. The lowest BCUT2D eigenvalue weighted by molar-refractivity contribution is 0.354.